The number of nitrogens with zero attached hydrogens (tertiary/aromatic N) is 2. The first-order chi connectivity index (χ1) is 9.53. The van der Waals surface area contributed by atoms with Crippen molar-refractivity contribution in [3.63, 3.8) is 0 Å². The van der Waals surface area contributed by atoms with E-state index in [1.54, 1.807) is 0 Å². The molecular formula is C16H30N2O2. The molecule has 1 N–H and O–H groups in total. The highest BCUT2D eigenvalue weighted by Crippen LogP contribution is 2.42. The van der Waals surface area contributed by atoms with Crippen LogP contribution in [0.15, 0.2) is 0 Å². The first kappa shape index (κ1) is 15.8. The van der Waals surface area contributed by atoms with E-state index >= 15 is 0 Å². The van der Waals surface area contributed by atoms with Crippen molar-refractivity contribution in [3.8, 4) is 0 Å². The van der Waals surface area contributed by atoms with Crippen molar-refractivity contribution >= 4 is 5.91 Å². The van der Waals surface area contributed by atoms with E-state index in [0.717, 1.165) is 39.1 Å². The molecule has 1 unspecified atom stereocenters. The number of carbonyl (C=O) groups excluding carboxylic acids is 1. The third-order valence-corrected chi connectivity index (χ3v) is 5.29. The van der Waals surface area contributed by atoms with Crippen molar-refractivity contribution in [2.45, 2.75) is 46.0 Å². The number of amides is 1. The number of β-amino-alcohol motifs (C(OH)–C–C–N with tert-alkyl or cyclic N) is 1. The molecule has 20 heavy (non-hydrogen) atoms. The average Bonchev–Trinajstić information content (AvgIpc) is 2.42. The van der Waals surface area contributed by atoms with Crippen LogP contribution in [0, 0.1) is 11.3 Å². The van der Waals surface area contributed by atoms with Crippen molar-refractivity contribution in [1.29, 1.82) is 0 Å². The molecule has 116 valence electrons. The third kappa shape index (κ3) is 3.95. The zero-order valence-corrected chi connectivity index (χ0v) is 13.1. The number of aliphatic hydroxyl groups excluding tert-OH is 1. The minimum atomic E-state index is 0.213. The smallest absolute Gasteiger partial charge is 0.222 e. The molecule has 1 saturated carbocycles. The minimum Gasteiger partial charge on any atom is -0.395 e. The van der Waals surface area contributed by atoms with Gasteiger partial charge in [0.1, 0.15) is 0 Å². The highest BCUT2D eigenvalue weighted by molar-refractivity contribution is 5.76. The van der Waals surface area contributed by atoms with Gasteiger partial charge in [0.05, 0.1) is 6.61 Å². The molecule has 4 nitrogen and oxygen atoms in total. The number of piperazine rings is 1. The Hall–Kier alpha value is -0.610. The molecule has 4 heteroatoms. The number of rotatable bonds is 4. The van der Waals surface area contributed by atoms with Gasteiger partial charge < -0.3 is 10.0 Å². The highest BCUT2D eigenvalue weighted by Gasteiger charge is 2.34. The Kier molecular flexibility index (Phi) is 5.44. The van der Waals surface area contributed by atoms with Crippen LogP contribution >= 0.6 is 0 Å². The summed E-state index contributed by atoms with van der Waals surface area (Å²) >= 11 is 0. The van der Waals surface area contributed by atoms with Gasteiger partial charge in [0, 0.05) is 39.1 Å². The molecular weight excluding hydrogens is 252 g/mol. The Morgan fingerprint density at radius 3 is 2.50 bits per heavy atom. The molecule has 0 aromatic rings. The molecule has 1 heterocycles. The van der Waals surface area contributed by atoms with Gasteiger partial charge in [-0.1, -0.05) is 26.7 Å². The quantitative estimate of drug-likeness (QED) is 0.854. The van der Waals surface area contributed by atoms with Crippen LogP contribution in [-0.4, -0.2) is 60.1 Å². The zero-order valence-electron chi connectivity index (χ0n) is 13.1. The fourth-order valence-electron chi connectivity index (χ4n) is 3.65. The summed E-state index contributed by atoms with van der Waals surface area (Å²) in [5, 5.41) is 8.95. The predicted molar refractivity (Wildman–Crippen MR) is 80.5 cm³/mol. The Labute approximate surface area is 123 Å². The Morgan fingerprint density at radius 1 is 1.20 bits per heavy atom. The first-order valence-corrected chi connectivity index (χ1v) is 8.14. The van der Waals surface area contributed by atoms with Crippen LogP contribution in [0.4, 0.5) is 0 Å². The van der Waals surface area contributed by atoms with Gasteiger partial charge in [-0.25, -0.2) is 0 Å². The summed E-state index contributed by atoms with van der Waals surface area (Å²) < 4.78 is 0. The maximum absolute atomic E-state index is 12.5. The van der Waals surface area contributed by atoms with Gasteiger partial charge in [-0.05, 0) is 24.2 Å². The molecule has 1 saturated heterocycles. The Bertz CT molecular complexity index is 322. The predicted octanol–water partition coefficient (Wildman–Crippen LogP) is 1.73. The molecule has 2 rings (SSSR count). The van der Waals surface area contributed by atoms with E-state index in [4.69, 9.17) is 5.11 Å². The van der Waals surface area contributed by atoms with Crippen LogP contribution in [0.25, 0.3) is 0 Å². The second-order valence-corrected chi connectivity index (χ2v) is 7.08. The number of aliphatic hydroxyl groups is 1. The van der Waals surface area contributed by atoms with Gasteiger partial charge in [-0.2, -0.15) is 0 Å². The maximum Gasteiger partial charge on any atom is 0.222 e. The van der Waals surface area contributed by atoms with Gasteiger partial charge in [0.15, 0.2) is 0 Å². The highest BCUT2D eigenvalue weighted by atomic mass is 16.3. The van der Waals surface area contributed by atoms with E-state index in [1.807, 2.05) is 4.90 Å². The minimum absolute atomic E-state index is 0.213. The lowest BCUT2D eigenvalue weighted by molar-refractivity contribution is -0.135. The topological polar surface area (TPSA) is 43.8 Å². The van der Waals surface area contributed by atoms with Crippen LogP contribution in [-0.2, 0) is 4.79 Å². The summed E-state index contributed by atoms with van der Waals surface area (Å²) in [6.45, 7) is 9.05. The van der Waals surface area contributed by atoms with Gasteiger partial charge >= 0.3 is 0 Å². The molecule has 1 aliphatic heterocycles. The van der Waals surface area contributed by atoms with E-state index in [0.29, 0.717) is 17.2 Å². The second-order valence-electron chi connectivity index (χ2n) is 7.08. The zero-order chi connectivity index (χ0) is 14.6. The van der Waals surface area contributed by atoms with Gasteiger partial charge in [-0.3, -0.25) is 9.69 Å². The molecule has 0 aromatic carbocycles. The summed E-state index contributed by atoms with van der Waals surface area (Å²) in [6, 6.07) is 0. The van der Waals surface area contributed by atoms with Crippen LogP contribution in [0.2, 0.25) is 0 Å². The molecule has 2 fully saturated rings. The van der Waals surface area contributed by atoms with Crippen molar-refractivity contribution in [3.05, 3.63) is 0 Å². The van der Waals surface area contributed by atoms with Crippen molar-refractivity contribution in [2.75, 3.05) is 39.3 Å². The molecule has 1 atom stereocenters. The number of hydrogen-bond acceptors (Lipinski definition) is 3. The van der Waals surface area contributed by atoms with E-state index < -0.39 is 0 Å². The second kappa shape index (κ2) is 6.90. The maximum atomic E-state index is 12.5. The van der Waals surface area contributed by atoms with Gasteiger partial charge in [0.2, 0.25) is 5.91 Å². The normalized spacial score (nSPS) is 27.6. The lowest BCUT2D eigenvalue weighted by Crippen LogP contribution is -2.50. The summed E-state index contributed by atoms with van der Waals surface area (Å²) in [5.74, 6) is 0.896. The van der Waals surface area contributed by atoms with Crippen molar-refractivity contribution in [2.24, 2.45) is 11.3 Å². The lowest BCUT2D eigenvalue weighted by atomic mass is 9.67. The third-order valence-electron chi connectivity index (χ3n) is 5.29. The molecule has 1 aliphatic carbocycles. The van der Waals surface area contributed by atoms with Crippen LogP contribution in [0.3, 0.4) is 0 Å². The van der Waals surface area contributed by atoms with Crippen molar-refractivity contribution in [1.82, 2.24) is 9.80 Å². The van der Waals surface area contributed by atoms with E-state index in [9.17, 15) is 4.79 Å². The fraction of sp³-hybridized carbons (Fsp3) is 0.938. The molecule has 0 aromatic heterocycles. The summed E-state index contributed by atoms with van der Waals surface area (Å²) in [5.41, 5.74) is 0.326. The standard InChI is InChI=1S/C16H30N2O2/c1-16(2)6-4-3-5-14(16)13-15(20)18-9-7-17(8-10-18)11-12-19/h14,19H,3-13H2,1-2H3. The SMILES string of the molecule is CC1(C)CCCCC1CC(=O)N1CCN(CCO)CC1. The lowest BCUT2D eigenvalue weighted by Gasteiger charge is -2.40. The van der Waals surface area contributed by atoms with E-state index in [-0.39, 0.29) is 6.61 Å². The molecule has 1 amide bonds. The van der Waals surface area contributed by atoms with E-state index in [1.165, 1.54) is 25.7 Å². The number of hydrogen-bond donors (Lipinski definition) is 1. The van der Waals surface area contributed by atoms with E-state index in [2.05, 4.69) is 18.7 Å². The van der Waals surface area contributed by atoms with Crippen molar-refractivity contribution < 1.29 is 9.90 Å². The average molecular weight is 282 g/mol. The fourth-order valence-corrected chi connectivity index (χ4v) is 3.65. The van der Waals surface area contributed by atoms with Gasteiger partial charge in [0.25, 0.3) is 0 Å². The summed E-state index contributed by atoms with van der Waals surface area (Å²) in [7, 11) is 0. The first-order valence-electron chi connectivity index (χ1n) is 8.14. The largest absolute Gasteiger partial charge is 0.395 e. The number of carbonyl (C=O) groups is 1. The molecule has 0 bridgehead atoms. The monoisotopic (exact) mass is 282 g/mol. The summed E-state index contributed by atoms with van der Waals surface area (Å²) in [4.78, 5) is 16.7. The molecule has 0 radical (unpaired) electrons. The summed E-state index contributed by atoms with van der Waals surface area (Å²) in [6.07, 6.45) is 5.80. The van der Waals surface area contributed by atoms with Crippen LogP contribution in [0.5, 0.6) is 0 Å². The molecule has 0 spiro atoms. The van der Waals surface area contributed by atoms with Gasteiger partial charge in [-0.15, -0.1) is 0 Å². The Balaban J connectivity index is 1.80. The van der Waals surface area contributed by atoms with Crippen LogP contribution < -0.4 is 0 Å². The Morgan fingerprint density at radius 2 is 1.90 bits per heavy atom. The van der Waals surface area contributed by atoms with Crippen LogP contribution in [0.1, 0.15) is 46.0 Å². The molecule has 2 aliphatic rings.